The summed E-state index contributed by atoms with van der Waals surface area (Å²) in [6.45, 7) is 1.80. The Kier molecular flexibility index (Phi) is 25.6. The second-order valence-electron chi connectivity index (χ2n) is 27.3. The number of alkyl halides is 6. The second-order valence-corrected chi connectivity index (χ2v) is 31.2. The minimum atomic E-state index is -5.01. The number of hydrogen-bond donors (Lipinski definition) is 7. The first kappa shape index (κ1) is 81.9. The SMILES string of the molecule is CNC(C)C(=O)NC1CN(S(=O)(=O)c2cccc(S(=O)(=O)N3CCC4CCC(C(=O)NC(c5ccccc5)c5ccccc5)N4C(=O)C(NC(=O)C(C)NC)C3)c2)CCC2CCC(C(=O)NC(c3ccccc3)c3ccccc3)N2C1=O.NC(=O)C(=Cn1cnc(-c2cc(C(F)(F)F)cc(C(F)(F)F)c2)n1)c1cncnc1. The maximum absolute atomic E-state index is 15.0. The van der Waals surface area contributed by atoms with Gasteiger partial charge in [0.1, 0.15) is 36.8 Å². The molecule has 112 heavy (non-hydrogen) atoms. The molecule has 0 aliphatic carbocycles. The fraction of sp³-hybridized carbons (Fsp3) is 0.338. The third-order valence-electron chi connectivity index (χ3n) is 20.1. The van der Waals surface area contributed by atoms with E-state index in [2.05, 4.69) is 52.0 Å². The highest BCUT2D eigenvalue weighted by Crippen LogP contribution is 2.40. The number of aromatic nitrogens is 5. The molecule has 8 unspecified atom stereocenters. The summed E-state index contributed by atoms with van der Waals surface area (Å²) in [5, 5.41) is 21.4. The smallest absolute Gasteiger partial charge is 0.366 e. The number of nitrogens with two attached hydrogens (primary N) is 1. The Morgan fingerprint density at radius 2 is 0.929 bits per heavy atom. The lowest BCUT2D eigenvalue weighted by Crippen LogP contribution is -2.62. The topological polar surface area (TPSA) is 355 Å². The van der Waals surface area contributed by atoms with E-state index in [-0.39, 0.29) is 56.0 Å². The van der Waals surface area contributed by atoms with Crippen LogP contribution in [0.5, 0.6) is 0 Å². The molecule has 6 aromatic carbocycles. The number of halogens is 6. The summed E-state index contributed by atoms with van der Waals surface area (Å²) in [4.78, 5) is 111. The second kappa shape index (κ2) is 35.1. The molecule has 4 aliphatic heterocycles. The summed E-state index contributed by atoms with van der Waals surface area (Å²) in [6, 6.07) is 35.0. The number of fused-ring (bicyclic) bond motifs is 2. The molecule has 4 aliphatic rings. The van der Waals surface area contributed by atoms with Crippen LogP contribution in [-0.4, -0.2) is 190 Å². The molecule has 12 rings (SSSR count). The van der Waals surface area contributed by atoms with Gasteiger partial charge in [-0.05, 0) is 125 Å². The van der Waals surface area contributed by atoms with E-state index in [1.54, 1.807) is 27.9 Å². The quantitative estimate of drug-likeness (QED) is 0.0283. The zero-order valence-electron chi connectivity index (χ0n) is 61.0. The van der Waals surface area contributed by atoms with Crippen LogP contribution in [-0.2, 0) is 66.0 Å². The highest BCUT2D eigenvalue weighted by Gasteiger charge is 2.50. The van der Waals surface area contributed by atoms with E-state index in [1.807, 2.05) is 121 Å². The van der Waals surface area contributed by atoms with Crippen LogP contribution in [0.2, 0.25) is 0 Å². The zero-order valence-corrected chi connectivity index (χ0v) is 62.6. The van der Waals surface area contributed by atoms with Crippen molar-refractivity contribution in [2.75, 3.05) is 40.3 Å². The van der Waals surface area contributed by atoms with Gasteiger partial charge in [0.25, 0.3) is 5.91 Å². The van der Waals surface area contributed by atoms with Crippen molar-refractivity contribution in [2.24, 2.45) is 5.73 Å². The number of sulfonamides is 2. The van der Waals surface area contributed by atoms with Gasteiger partial charge in [-0.25, -0.2) is 36.5 Å². The molecule has 8 atom stereocenters. The van der Waals surface area contributed by atoms with Crippen LogP contribution in [0.25, 0.3) is 23.2 Å². The van der Waals surface area contributed by atoms with Crippen LogP contribution in [0, 0.1) is 0 Å². The molecular weight excluding hydrogens is 1500 g/mol. The predicted molar refractivity (Wildman–Crippen MR) is 398 cm³/mol. The van der Waals surface area contributed by atoms with Crippen LogP contribution in [0.15, 0.2) is 199 Å². The summed E-state index contributed by atoms with van der Waals surface area (Å²) in [5.74, 6) is -4.56. The monoisotopic (exact) mass is 1580 g/mol. The van der Waals surface area contributed by atoms with Gasteiger partial charge < -0.3 is 47.4 Å². The minimum Gasteiger partial charge on any atom is -0.366 e. The lowest BCUT2D eigenvalue weighted by Gasteiger charge is -2.39. The third kappa shape index (κ3) is 18.9. The Labute approximate surface area is 641 Å². The molecular formula is C77H82F6N16O11S2. The number of benzene rings is 6. The largest absolute Gasteiger partial charge is 0.416 e. The van der Waals surface area contributed by atoms with Gasteiger partial charge in [-0.3, -0.25) is 33.6 Å². The zero-order chi connectivity index (χ0) is 80.4. The molecule has 0 radical (unpaired) electrons. The Morgan fingerprint density at radius 3 is 1.29 bits per heavy atom. The van der Waals surface area contributed by atoms with Gasteiger partial charge in [0.2, 0.25) is 55.5 Å². The molecule has 0 saturated carbocycles. The minimum absolute atomic E-state index is 0.000986. The first-order valence-electron chi connectivity index (χ1n) is 35.8. The molecule has 4 fully saturated rings. The Hall–Kier alpha value is -11.1. The Bertz CT molecular complexity index is 4660. The summed E-state index contributed by atoms with van der Waals surface area (Å²) in [6.07, 6.45) is -2.62. The van der Waals surface area contributed by atoms with E-state index in [0.29, 0.717) is 25.0 Å². The molecule has 4 saturated heterocycles. The highest BCUT2D eigenvalue weighted by atomic mass is 32.2. The summed E-state index contributed by atoms with van der Waals surface area (Å²) in [5.41, 5.74) is 5.23. The molecule has 27 nitrogen and oxygen atoms in total. The molecule has 8 aromatic rings. The third-order valence-corrected chi connectivity index (χ3v) is 23.9. The van der Waals surface area contributed by atoms with E-state index in [1.165, 1.54) is 46.7 Å². The van der Waals surface area contributed by atoms with Crippen molar-refractivity contribution in [3.63, 3.8) is 0 Å². The van der Waals surface area contributed by atoms with Crippen molar-refractivity contribution in [1.29, 1.82) is 0 Å². The van der Waals surface area contributed by atoms with Crippen molar-refractivity contribution < 1.29 is 76.7 Å². The van der Waals surface area contributed by atoms with Crippen molar-refractivity contribution in [3.05, 3.63) is 228 Å². The van der Waals surface area contributed by atoms with Crippen LogP contribution < -0.4 is 37.6 Å². The number of likely N-dealkylation sites (N-methyl/N-ethyl adjacent to an activating group) is 2. The summed E-state index contributed by atoms with van der Waals surface area (Å²) >= 11 is 0. The van der Waals surface area contributed by atoms with Crippen LogP contribution in [0.3, 0.4) is 0 Å². The maximum atomic E-state index is 15.0. The van der Waals surface area contributed by atoms with Gasteiger partial charge in [0.05, 0.1) is 50.7 Å². The molecule has 35 heteroatoms. The van der Waals surface area contributed by atoms with E-state index in [4.69, 9.17) is 5.73 Å². The molecule has 7 amide bonds. The number of nitrogens with zero attached hydrogens (tertiary/aromatic N) is 9. The molecule has 6 heterocycles. The van der Waals surface area contributed by atoms with Crippen LogP contribution in [0.4, 0.5) is 26.3 Å². The van der Waals surface area contributed by atoms with Crippen molar-refractivity contribution in [1.82, 2.24) is 75.0 Å². The fourth-order valence-corrected chi connectivity index (χ4v) is 17.1. The van der Waals surface area contributed by atoms with Gasteiger partial charge in [-0.15, -0.1) is 5.10 Å². The Balaban J connectivity index is 0.000000345. The van der Waals surface area contributed by atoms with E-state index < -0.39 is 180 Å². The lowest BCUT2D eigenvalue weighted by molar-refractivity contribution is -0.144. The van der Waals surface area contributed by atoms with Crippen molar-refractivity contribution in [3.8, 4) is 11.4 Å². The van der Waals surface area contributed by atoms with Gasteiger partial charge in [0, 0.05) is 68.0 Å². The molecule has 8 N–H and O–H groups in total. The number of amides is 7. The lowest BCUT2D eigenvalue weighted by atomic mass is 9.98. The van der Waals surface area contributed by atoms with E-state index >= 15 is 16.8 Å². The van der Waals surface area contributed by atoms with E-state index in [0.717, 1.165) is 54.1 Å². The van der Waals surface area contributed by atoms with Gasteiger partial charge in [0.15, 0.2) is 5.82 Å². The molecule has 0 spiro atoms. The van der Waals surface area contributed by atoms with Crippen LogP contribution >= 0.6 is 0 Å². The van der Waals surface area contributed by atoms with Crippen LogP contribution in [0.1, 0.15) is 103 Å². The van der Waals surface area contributed by atoms with E-state index in [9.17, 15) is 59.9 Å². The molecule has 0 bridgehead atoms. The number of hydrogen-bond acceptors (Lipinski definition) is 17. The summed E-state index contributed by atoms with van der Waals surface area (Å²) in [7, 11) is -6.13. The number of carbonyl (C=O) groups excluding carboxylic acids is 7. The van der Waals surface area contributed by atoms with Gasteiger partial charge in [-0.2, -0.15) is 35.0 Å². The van der Waals surface area contributed by atoms with Crippen molar-refractivity contribution >= 4 is 73.2 Å². The normalized spacial score (nSPS) is 20.0. The number of primary amides is 1. The first-order valence-corrected chi connectivity index (χ1v) is 38.7. The van der Waals surface area contributed by atoms with Gasteiger partial charge >= 0.3 is 12.4 Å². The number of carbonyl (C=O) groups is 7. The average Bonchev–Trinajstić information content (AvgIpc) is 1.29. The Morgan fingerprint density at radius 1 is 0.536 bits per heavy atom. The first-order chi connectivity index (χ1) is 53.3. The molecule has 2 aromatic heterocycles. The van der Waals surface area contributed by atoms with Gasteiger partial charge in [-0.1, -0.05) is 127 Å². The molecule has 590 valence electrons. The fourth-order valence-electron chi connectivity index (χ4n) is 14.0. The number of rotatable bonds is 22. The predicted octanol–water partition coefficient (Wildman–Crippen LogP) is 6.45. The average molecular weight is 1590 g/mol. The standard InChI is InChI=1S/C60H72N10O10S2.C17H10F6N6O/c1-39(61-3)55(71)63-49-37-67(34-32-45-28-30-51(69(45)59(49)75)57(73)65-53(41-18-9-5-10-19-41)42-20-11-6-12-21-42)81(77,78)47-26-17-27-48(36-47)82(79,80)68-35-33-46-29-31-52(70(46)60(76)50(38-68)64-56(72)40(2)62-4)58(74)66-54(43-22-13-7-14-23-43)44-24-15-8-16-25-44;18-16(19,20)11-1-9(2-12(3-11)17(21,22)23)15-27-8-29(28-15)6-13(14(24)30)10-4-25-7-26-5-10/h5-27,36,39-40,45-46,49-54,61-62H,28-35,37-38H2,1-4H3,(H,63,71)(H,64,72)(H,65,73)(H,66,74);1-8H,(H2,24,30). The summed E-state index contributed by atoms with van der Waals surface area (Å²) < 4.78 is 141. The number of nitrogens with one attached hydrogen (secondary N) is 6. The maximum Gasteiger partial charge on any atom is 0.416 e. The highest BCUT2D eigenvalue weighted by molar-refractivity contribution is 7.90. The van der Waals surface area contributed by atoms with Crippen molar-refractivity contribution in [2.45, 2.75) is 135 Å².